The van der Waals surface area contributed by atoms with Gasteiger partial charge in [-0.2, -0.15) is 4.31 Å². The summed E-state index contributed by atoms with van der Waals surface area (Å²) in [5.74, 6) is 0.334. The second-order valence-electron chi connectivity index (χ2n) is 5.56. The van der Waals surface area contributed by atoms with Crippen molar-refractivity contribution >= 4 is 55.6 Å². The number of amides is 2. The largest absolute Gasteiger partial charge is 0.345 e. The lowest BCUT2D eigenvalue weighted by Gasteiger charge is -2.36. The number of H-pyrrole nitrogens is 1. The van der Waals surface area contributed by atoms with Crippen LogP contribution in [-0.4, -0.2) is 56.6 Å². The molecule has 2 amide bonds. The van der Waals surface area contributed by atoms with Gasteiger partial charge in [-0.1, -0.05) is 22.6 Å². The number of rotatable bonds is 3. The molecule has 0 aromatic carbocycles. The van der Waals surface area contributed by atoms with Crippen molar-refractivity contribution in [2.45, 2.75) is 22.9 Å². The summed E-state index contributed by atoms with van der Waals surface area (Å²) in [4.78, 5) is 23.5. The molecule has 2 unspecified atom stereocenters. The normalized spacial score (nSPS) is 22.4. The predicted molar refractivity (Wildman–Crippen MR) is 98.4 cm³/mol. The molecule has 130 valence electrons. The van der Waals surface area contributed by atoms with Gasteiger partial charge in [-0.25, -0.2) is 23.2 Å². The van der Waals surface area contributed by atoms with Gasteiger partial charge >= 0.3 is 6.03 Å². The average molecular weight is 464 g/mol. The number of hydrogen-bond donors (Lipinski definition) is 3. The van der Waals surface area contributed by atoms with Crippen molar-refractivity contribution in [2.75, 3.05) is 18.1 Å². The summed E-state index contributed by atoms with van der Waals surface area (Å²) >= 11 is 2.05. The van der Waals surface area contributed by atoms with E-state index in [1.807, 2.05) is 0 Å². The molecule has 3 rings (SSSR count). The molecule has 0 aliphatic carbocycles. The van der Waals surface area contributed by atoms with E-state index in [0.717, 1.165) is 6.42 Å². The molecule has 3 N–H and O–H groups in total. The van der Waals surface area contributed by atoms with Gasteiger partial charge in [0.1, 0.15) is 5.52 Å². The second kappa shape index (κ2) is 6.80. The van der Waals surface area contributed by atoms with Crippen molar-refractivity contribution in [3.05, 3.63) is 18.5 Å². The van der Waals surface area contributed by atoms with E-state index in [2.05, 4.69) is 48.2 Å². The first-order valence-corrected chi connectivity index (χ1v) is 10.4. The van der Waals surface area contributed by atoms with Crippen LogP contribution in [0.1, 0.15) is 12.8 Å². The van der Waals surface area contributed by atoms with E-state index in [0.29, 0.717) is 29.9 Å². The van der Waals surface area contributed by atoms with Crippen molar-refractivity contribution in [2.24, 2.45) is 0 Å². The molecule has 0 radical (unpaired) electrons. The van der Waals surface area contributed by atoms with Gasteiger partial charge in [0.05, 0.1) is 22.5 Å². The van der Waals surface area contributed by atoms with E-state index < -0.39 is 16.1 Å². The molecule has 0 bridgehead atoms. The fraction of sp³-hybridized carbons (Fsp3) is 0.462. The van der Waals surface area contributed by atoms with Crippen molar-refractivity contribution in [3.63, 3.8) is 0 Å². The monoisotopic (exact) mass is 464 g/mol. The van der Waals surface area contributed by atoms with Crippen LogP contribution in [-0.2, 0) is 10.0 Å². The Balaban J connectivity index is 1.65. The second-order valence-corrected chi connectivity index (χ2v) is 8.77. The molecule has 9 nitrogen and oxygen atoms in total. The highest BCUT2D eigenvalue weighted by Gasteiger charge is 2.35. The number of halogens is 1. The Morgan fingerprint density at radius 1 is 1.50 bits per heavy atom. The van der Waals surface area contributed by atoms with E-state index in [4.69, 9.17) is 0 Å². The number of urea groups is 1. The summed E-state index contributed by atoms with van der Waals surface area (Å²) in [6, 6.07) is 1.07. The molecule has 11 heteroatoms. The molecule has 1 saturated heterocycles. The standard InChI is InChI=1S/C13H17IN6O3S/c1-24(22,23)20-6-2-3-8(11(20)14)18-13(21)19-10-7-16-12-9(17-10)4-5-15-12/h4-5,7-8,11H,2-3,6H2,1H3,(H,15,16)(H2,17,18,19,21). The van der Waals surface area contributed by atoms with Gasteiger partial charge in [0.2, 0.25) is 10.0 Å². The Labute approximate surface area is 152 Å². The molecule has 2 aromatic rings. The number of anilines is 1. The van der Waals surface area contributed by atoms with E-state index in [-0.39, 0.29) is 10.1 Å². The lowest BCUT2D eigenvalue weighted by atomic mass is 10.1. The molecule has 1 fully saturated rings. The highest BCUT2D eigenvalue weighted by atomic mass is 127. The van der Waals surface area contributed by atoms with Crippen LogP contribution in [0.5, 0.6) is 0 Å². The minimum atomic E-state index is -3.29. The number of fused-ring (bicyclic) bond motifs is 1. The lowest BCUT2D eigenvalue weighted by Crippen LogP contribution is -2.54. The third-order valence-electron chi connectivity index (χ3n) is 3.75. The van der Waals surface area contributed by atoms with Crippen LogP contribution in [0.4, 0.5) is 10.6 Å². The Kier molecular flexibility index (Phi) is 4.92. The number of aromatic amines is 1. The number of carbonyl (C=O) groups is 1. The van der Waals surface area contributed by atoms with Gasteiger partial charge in [-0.3, -0.25) is 5.32 Å². The summed E-state index contributed by atoms with van der Waals surface area (Å²) in [6.45, 7) is 0.474. The van der Waals surface area contributed by atoms with Gasteiger partial charge in [-0.05, 0) is 18.9 Å². The molecule has 3 heterocycles. The molecule has 1 aliphatic heterocycles. The lowest BCUT2D eigenvalue weighted by molar-refractivity contribution is 0.233. The highest BCUT2D eigenvalue weighted by molar-refractivity contribution is 14.1. The van der Waals surface area contributed by atoms with E-state index in [9.17, 15) is 13.2 Å². The average Bonchev–Trinajstić information content (AvgIpc) is 2.95. The number of carbonyl (C=O) groups excluding carboxylic acids is 1. The fourth-order valence-electron chi connectivity index (χ4n) is 2.63. The van der Waals surface area contributed by atoms with Crippen LogP contribution < -0.4 is 10.6 Å². The topological polar surface area (TPSA) is 120 Å². The minimum absolute atomic E-state index is 0.266. The molecular formula is C13H17IN6O3S. The van der Waals surface area contributed by atoms with Gasteiger partial charge in [0.25, 0.3) is 0 Å². The quantitative estimate of drug-likeness (QED) is 0.359. The van der Waals surface area contributed by atoms with Crippen molar-refractivity contribution in [3.8, 4) is 0 Å². The van der Waals surface area contributed by atoms with Gasteiger partial charge in [-0.15, -0.1) is 0 Å². The first-order valence-electron chi connectivity index (χ1n) is 7.33. The van der Waals surface area contributed by atoms with E-state index in [1.165, 1.54) is 16.8 Å². The van der Waals surface area contributed by atoms with Gasteiger partial charge < -0.3 is 10.3 Å². The minimum Gasteiger partial charge on any atom is -0.345 e. The smallest absolute Gasteiger partial charge is 0.320 e. The molecule has 1 aliphatic rings. The summed E-state index contributed by atoms with van der Waals surface area (Å²) in [5, 5.41) is 5.46. The van der Waals surface area contributed by atoms with Crippen molar-refractivity contribution < 1.29 is 13.2 Å². The zero-order valence-electron chi connectivity index (χ0n) is 12.9. The third-order valence-corrected chi connectivity index (χ3v) is 6.93. The molecular weight excluding hydrogens is 447 g/mol. The Morgan fingerprint density at radius 3 is 3.04 bits per heavy atom. The third kappa shape index (κ3) is 3.78. The fourth-order valence-corrected chi connectivity index (χ4v) is 5.66. The molecule has 0 spiro atoms. The highest BCUT2D eigenvalue weighted by Crippen LogP contribution is 2.25. The number of alkyl halides is 1. The van der Waals surface area contributed by atoms with Crippen molar-refractivity contribution in [1.82, 2.24) is 24.6 Å². The van der Waals surface area contributed by atoms with Crippen LogP contribution in [0.3, 0.4) is 0 Å². The van der Waals surface area contributed by atoms with Gasteiger partial charge in [0, 0.05) is 12.7 Å². The van der Waals surface area contributed by atoms with Crippen LogP contribution in [0, 0.1) is 0 Å². The Bertz CT molecular complexity index is 854. The van der Waals surface area contributed by atoms with Crippen LogP contribution in [0.25, 0.3) is 11.2 Å². The Hall–Kier alpha value is -1.47. The maximum atomic E-state index is 12.2. The summed E-state index contributed by atoms with van der Waals surface area (Å²) < 4.78 is 24.7. The van der Waals surface area contributed by atoms with Crippen LogP contribution >= 0.6 is 22.6 Å². The number of aromatic nitrogens is 3. The van der Waals surface area contributed by atoms with Crippen LogP contribution in [0.2, 0.25) is 0 Å². The molecule has 0 saturated carbocycles. The number of nitrogens with one attached hydrogen (secondary N) is 3. The molecule has 2 atom stereocenters. The van der Waals surface area contributed by atoms with Crippen LogP contribution in [0.15, 0.2) is 18.5 Å². The number of nitrogens with zero attached hydrogens (tertiary/aromatic N) is 3. The van der Waals surface area contributed by atoms with E-state index in [1.54, 1.807) is 12.3 Å². The molecule has 2 aromatic heterocycles. The zero-order chi connectivity index (χ0) is 17.3. The maximum absolute atomic E-state index is 12.2. The SMILES string of the molecule is CS(=O)(=O)N1CCCC(NC(=O)Nc2cnc3[nH]ccc3n2)C1I. The summed E-state index contributed by atoms with van der Waals surface area (Å²) in [6.07, 6.45) is 5.78. The zero-order valence-corrected chi connectivity index (χ0v) is 15.8. The predicted octanol–water partition coefficient (Wildman–Crippen LogP) is 1.26. The molecule has 24 heavy (non-hydrogen) atoms. The first-order chi connectivity index (χ1) is 11.3. The summed E-state index contributed by atoms with van der Waals surface area (Å²) in [7, 11) is -3.29. The number of hydrogen-bond acceptors (Lipinski definition) is 5. The number of piperidine rings is 1. The Morgan fingerprint density at radius 2 is 2.29 bits per heavy atom. The van der Waals surface area contributed by atoms with E-state index >= 15 is 0 Å². The van der Waals surface area contributed by atoms with Gasteiger partial charge in [0.15, 0.2) is 11.5 Å². The first kappa shape index (κ1) is 17.4. The van der Waals surface area contributed by atoms with Crippen molar-refractivity contribution in [1.29, 1.82) is 0 Å². The summed E-state index contributed by atoms with van der Waals surface area (Å²) in [5.41, 5.74) is 1.30. The maximum Gasteiger partial charge on any atom is 0.320 e. The number of sulfonamides is 1.